The van der Waals surface area contributed by atoms with Crippen LogP contribution in [0.1, 0.15) is 47.1 Å². The minimum absolute atomic E-state index is 0.0137. The molecule has 9 nitrogen and oxygen atoms in total. The lowest BCUT2D eigenvalue weighted by molar-refractivity contribution is -0.141. The number of alkyl halides is 3. The molecule has 3 aliphatic carbocycles. The van der Waals surface area contributed by atoms with Gasteiger partial charge in [0.1, 0.15) is 23.8 Å². The van der Waals surface area contributed by atoms with E-state index in [0.717, 1.165) is 16.1 Å². The van der Waals surface area contributed by atoms with Crippen LogP contribution in [0.15, 0.2) is 107 Å². The van der Waals surface area contributed by atoms with Crippen molar-refractivity contribution in [1.29, 1.82) is 0 Å². The lowest BCUT2D eigenvalue weighted by Crippen LogP contribution is -2.58. The van der Waals surface area contributed by atoms with Gasteiger partial charge >= 0.3 is 6.18 Å². The van der Waals surface area contributed by atoms with Crippen LogP contribution >= 0.6 is 11.6 Å². The third-order valence-electron chi connectivity index (χ3n) is 11.2. The van der Waals surface area contributed by atoms with E-state index in [1.54, 1.807) is 72.8 Å². The number of allylic oxidation sites excluding steroid dienone is 4. The molecule has 3 heterocycles. The average Bonchev–Trinajstić information content (AvgIpc) is 3.73. The number of hydrazine groups is 1. The van der Waals surface area contributed by atoms with Crippen molar-refractivity contribution in [2.45, 2.75) is 37.0 Å². The van der Waals surface area contributed by atoms with Crippen molar-refractivity contribution in [3.63, 3.8) is 0 Å². The number of imide groups is 1. The normalized spacial score (nSPS) is 26.8. The molecule has 0 bridgehead atoms. The largest absolute Gasteiger partial charge is 0.463 e. The van der Waals surface area contributed by atoms with Crippen LogP contribution in [-0.2, 0) is 37.4 Å². The minimum Gasteiger partial charge on any atom is -0.463 e. The summed E-state index contributed by atoms with van der Waals surface area (Å²) in [6.45, 7) is -0.424. The Balaban J connectivity index is 1.29. The first kappa shape index (κ1) is 34.7. The number of pyridine rings is 1. The summed E-state index contributed by atoms with van der Waals surface area (Å²) in [5, 5.41) is 11.5. The van der Waals surface area contributed by atoms with Gasteiger partial charge in [-0.05, 0) is 60.2 Å². The van der Waals surface area contributed by atoms with Gasteiger partial charge in [0.15, 0.2) is 17.4 Å². The molecule has 8 rings (SSSR count). The van der Waals surface area contributed by atoms with Crippen LogP contribution in [0.25, 0.3) is 5.57 Å². The van der Waals surface area contributed by atoms with Gasteiger partial charge in [0.05, 0.1) is 28.2 Å². The summed E-state index contributed by atoms with van der Waals surface area (Å²) in [7, 11) is 1.25. The topological polar surface area (TPSA) is 121 Å². The summed E-state index contributed by atoms with van der Waals surface area (Å²) in [5.41, 5.74) is -0.794. The molecule has 1 saturated carbocycles. The Hall–Kier alpha value is -5.33. The van der Waals surface area contributed by atoms with Crippen molar-refractivity contribution in [3.8, 4) is 0 Å². The van der Waals surface area contributed by atoms with Crippen molar-refractivity contribution >= 4 is 46.4 Å². The fraction of sp³-hybridized carbons (Fsp3) is 0.275. The predicted molar refractivity (Wildman–Crippen MR) is 186 cm³/mol. The second-order valence-electron chi connectivity index (χ2n) is 13.8. The van der Waals surface area contributed by atoms with Gasteiger partial charge in [0, 0.05) is 18.5 Å². The smallest absolute Gasteiger partial charge is 0.433 e. The van der Waals surface area contributed by atoms with Crippen molar-refractivity contribution < 1.29 is 41.9 Å². The van der Waals surface area contributed by atoms with Crippen molar-refractivity contribution in [2.75, 3.05) is 12.1 Å². The Morgan fingerprint density at radius 3 is 2.30 bits per heavy atom. The Morgan fingerprint density at radius 2 is 1.64 bits per heavy atom. The second-order valence-corrected chi connectivity index (χ2v) is 14.2. The number of aliphatic hydroxyl groups is 1. The van der Waals surface area contributed by atoms with E-state index in [4.69, 9.17) is 16.0 Å². The van der Waals surface area contributed by atoms with E-state index in [1.165, 1.54) is 13.1 Å². The number of hydrogen-bond donors (Lipinski definition) is 1. The maximum atomic E-state index is 15.0. The molecule has 270 valence electrons. The van der Waals surface area contributed by atoms with E-state index in [2.05, 4.69) is 4.98 Å². The van der Waals surface area contributed by atoms with E-state index in [9.17, 15) is 32.7 Å². The van der Waals surface area contributed by atoms with Gasteiger partial charge < -0.3 is 9.52 Å². The Bertz CT molecular complexity index is 2240. The summed E-state index contributed by atoms with van der Waals surface area (Å²) >= 11 is 6.29. The molecular formula is C40H31ClF3N3O6. The van der Waals surface area contributed by atoms with Gasteiger partial charge in [0.2, 0.25) is 0 Å². The molecule has 13 heteroatoms. The number of amides is 2. The molecule has 2 aromatic heterocycles. The lowest BCUT2D eigenvalue weighted by atomic mass is 9.45. The molecule has 0 spiro atoms. The second kappa shape index (κ2) is 12.7. The van der Waals surface area contributed by atoms with Crippen molar-refractivity contribution in [2.24, 2.45) is 23.7 Å². The highest BCUT2D eigenvalue weighted by molar-refractivity contribution is 6.33. The SMILES string of the molecule is CN(c1nc(C(F)(F)F)ccc1Cl)N1C(=O)C2CC=C3C(CC4C(=O)C(c5ccccc5)=CC(=O)C4(c4ccccc4)C3c3ccc(CO)o3)C2C1=O. The van der Waals surface area contributed by atoms with Gasteiger partial charge in [-0.2, -0.15) is 18.2 Å². The highest BCUT2D eigenvalue weighted by Crippen LogP contribution is 2.64. The maximum absolute atomic E-state index is 15.0. The molecule has 6 unspecified atom stereocenters. The number of aliphatic hydroxyl groups excluding tert-OH is 1. The molecule has 2 aromatic carbocycles. The van der Waals surface area contributed by atoms with Crippen LogP contribution in [0.3, 0.4) is 0 Å². The molecule has 4 aromatic rings. The molecule has 53 heavy (non-hydrogen) atoms. The zero-order chi connectivity index (χ0) is 37.4. The van der Waals surface area contributed by atoms with Gasteiger partial charge in [-0.3, -0.25) is 24.2 Å². The molecule has 2 fully saturated rings. The monoisotopic (exact) mass is 741 g/mol. The number of fused-ring (bicyclic) bond motifs is 4. The molecule has 1 saturated heterocycles. The summed E-state index contributed by atoms with van der Waals surface area (Å²) in [6.07, 6.45) is -1.50. The van der Waals surface area contributed by atoms with E-state index in [-0.39, 0.29) is 40.8 Å². The summed E-state index contributed by atoms with van der Waals surface area (Å²) in [5.74, 6) is -6.54. The Kier molecular flexibility index (Phi) is 8.30. The molecule has 2 amide bonds. The number of nitrogens with zero attached hydrogens (tertiary/aromatic N) is 3. The third kappa shape index (κ3) is 5.21. The number of carbonyl (C=O) groups is 4. The van der Waals surface area contributed by atoms with Crippen LogP contribution in [0, 0.1) is 23.7 Å². The number of rotatable bonds is 6. The fourth-order valence-electron chi connectivity index (χ4n) is 9.01. The summed E-state index contributed by atoms with van der Waals surface area (Å²) in [4.78, 5) is 62.3. The van der Waals surface area contributed by atoms with Crippen LogP contribution < -0.4 is 5.01 Å². The van der Waals surface area contributed by atoms with Crippen molar-refractivity contribution in [3.05, 3.63) is 136 Å². The maximum Gasteiger partial charge on any atom is 0.433 e. The van der Waals surface area contributed by atoms with Gasteiger partial charge in [-0.25, -0.2) is 4.98 Å². The average molecular weight is 742 g/mol. The van der Waals surface area contributed by atoms with E-state index in [0.29, 0.717) is 28.5 Å². The molecule has 1 N–H and O–H groups in total. The number of Topliss-reactive ketones (excluding diaryl/α,β-unsaturated/α-hetero) is 1. The zero-order valence-electron chi connectivity index (χ0n) is 28.1. The van der Waals surface area contributed by atoms with Gasteiger partial charge in [-0.15, -0.1) is 0 Å². The first-order chi connectivity index (χ1) is 25.4. The van der Waals surface area contributed by atoms with Crippen LogP contribution in [0.4, 0.5) is 19.0 Å². The van der Waals surface area contributed by atoms with Crippen LogP contribution in [0.2, 0.25) is 5.02 Å². The summed E-state index contributed by atoms with van der Waals surface area (Å²) in [6, 6.07) is 22.7. The van der Waals surface area contributed by atoms with Gasteiger partial charge in [0.25, 0.3) is 11.8 Å². The third-order valence-corrected chi connectivity index (χ3v) is 11.5. The minimum atomic E-state index is -4.81. The van der Waals surface area contributed by atoms with Gasteiger partial charge in [-0.1, -0.05) is 83.9 Å². The number of hydrogen-bond acceptors (Lipinski definition) is 8. The van der Waals surface area contributed by atoms with E-state index < -0.39 is 71.1 Å². The quantitative estimate of drug-likeness (QED) is 0.171. The van der Waals surface area contributed by atoms with Crippen molar-refractivity contribution in [1.82, 2.24) is 9.99 Å². The number of carbonyl (C=O) groups excluding carboxylic acids is 4. The number of anilines is 1. The lowest BCUT2D eigenvalue weighted by Gasteiger charge is -2.54. The first-order valence-electron chi connectivity index (χ1n) is 17.0. The van der Waals surface area contributed by atoms with Crippen LogP contribution in [-0.4, -0.2) is 45.5 Å². The number of halogens is 4. The molecule has 6 atom stereocenters. The molecule has 1 aliphatic heterocycles. The summed E-state index contributed by atoms with van der Waals surface area (Å²) < 4.78 is 47.1. The van der Waals surface area contributed by atoms with Crippen LogP contribution in [0.5, 0.6) is 0 Å². The fourth-order valence-corrected chi connectivity index (χ4v) is 9.23. The molecule has 4 aliphatic rings. The standard InChI is InChI=1S/C40H31ClF3N3O6/c1-46(36-29(41)15-17-31(45-36)40(42,43)44)47-37(51)25-14-13-24-27(33(25)38(47)52)18-28-35(50)26(21-8-4-2-5-9-21)19-32(49)39(28,22-10-6-3-7-11-22)34(24)30-16-12-23(20-48)53-30/h2-13,15-17,19,25,27-28,33-34,48H,14,18,20H2,1H3. The van der Waals surface area contributed by atoms with E-state index in [1.807, 2.05) is 6.08 Å². The number of furan rings is 1. The number of ketones is 2. The number of benzene rings is 2. The highest BCUT2D eigenvalue weighted by Gasteiger charge is 2.67. The Morgan fingerprint density at radius 1 is 0.943 bits per heavy atom. The highest BCUT2D eigenvalue weighted by atomic mass is 35.5. The van der Waals surface area contributed by atoms with E-state index >= 15 is 4.79 Å². The number of aromatic nitrogens is 1. The zero-order valence-corrected chi connectivity index (χ0v) is 28.8. The first-order valence-corrected chi connectivity index (χ1v) is 17.4. The molecule has 0 radical (unpaired) electrons. The predicted octanol–water partition coefficient (Wildman–Crippen LogP) is 6.71. The molecular weight excluding hydrogens is 711 g/mol. The Labute approximate surface area is 306 Å².